The highest BCUT2D eigenvalue weighted by Gasteiger charge is 2.24. The number of benzene rings is 1. The number of nitrogens with zero attached hydrogens (tertiary/aromatic N) is 1. The van der Waals surface area contributed by atoms with Gasteiger partial charge in [-0.15, -0.1) is 0 Å². The smallest absolute Gasteiger partial charge is 0.127 e. The van der Waals surface area contributed by atoms with Crippen LogP contribution < -0.4 is 20.7 Å². The van der Waals surface area contributed by atoms with Gasteiger partial charge in [-0.2, -0.15) is 0 Å². The maximum absolute atomic E-state index is 5.81. The molecule has 1 heterocycles. The minimum absolute atomic E-state index is 0.299. The van der Waals surface area contributed by atoms with E-state index in [1.165, 1.54) is 0 Å². The molecule has 0 saturated heterocycles. The van der Waals surface area contributed by atoms with Gasteiger partial charge in [0.05, 0.1) is 31.5 Å². The van der Waals surface area contributed by atoms with E-state index in [2.05, 4.69) is 23.4 Å². The summed E-state index contributed by atoms with van der Waals surface area (Å²) in [5.41, 5.74) is 5.69. The summed E-state index contributed by atoms with van der Waals surface area (Å²) in [5, 5.41) is 0. The van der Waals surface area contributed by atoms with Crippen LogP contribution in [0.25, 0.3) is 0 Å². The molecule has 0 radical (unpaired) electrons. The molecule has 1 aromatic carbocycles. The van der Waals surface area contributed by atoms with Crippen molar-refractivity contribution in [3.05, 3.63) is 53.3 Å². The van der Waals surface area contributed by atoms with E-state index in [4.69, 9.17) is 15.3 Å². The zero-order chi connectivity index (χ0) is 15.2. The normalized spacial score (nSPS) is 12.0. The van der Waals surface area contributed by atoms with E-state index in [1.807, 2.05) is 24.3 Å². The number of hydrazine groups is 1. The van der Waals surface area contributed by atoms with Crippen molar-refractivity contribution in [2.24, 2.45) is 5.84 Å². The van der Waals surface area contributed by atoms with Crippen molar-refractivity contribution in [3.63, 3.8) is 0 Å². The summed E-state index contributed by atoms with van der Waals surface area (Å²) in [5.74, 6) is 7.23. The number of nitrogens with one attached hydrogen (secondary N) is 1. The molecule has 0 aliphatic carbocycles. The first kappa shape index (κ1) is 15.3. The number of methoxy groups -OCH3 is 2. The third-order valence-electron chi connectivity index (χ3n) is 3.50. The second-order valence-corrected chi connectivity index (χ2v) is 4.58. The van der Waals surface area contributed by atoms with Gasteiger partial charge in [-0.25, -0.2) is 5.43 Å². The van der Waals surface area contributed by atoms with Crippen LogP contribution >= 0.6 is 0 Å². The molecule has 0 bridgehead atoms. The Morgan fingerprint density at radius 1 is 1.14 bits per heavy atom. The molecule has 0 saturated carbocycles. The SMILES string of the molecule is CCc1cccnc1C(NN)c1c(OC)cccc1OC. The molecule has 112 valence electrons. The molecule has 5 heteroatoms. The molecule has 1 aromatic heterocycles. The highest BCUT2D eigenvalue weighted by molar-refractivity contribution is 5.50. The number of pyridine rings is 1. The van der Waals surface area contributed by atoms with Gasteiger partial charge < -0.3 is 9.47 Å². The molecule has 0 fully saturated rings. The third-order valence-corrected chi connectivity index (χ3v) is 3.50. The van der Waals surface area contributed by atoms with Gasteiger partial charge in [0, 0.05) is 6.20 Å². The Labute approximate surface area is 125 Å². The van der Waals surface area contributed by atoms with E-state index in [1.54, 1.807) is 20.4 Å². The third kappa shape index (κ3) is 2.99. The number of ether oxygens (including phenoxy) is 2. The quantitative estimate of drug-likeness (QED) is 0.630. The monoisotopic (exact) mass is 287 g/mol. The van der Waals surface area contributed by atoms with Gasteiger partial charge in [0.15, 0.2) is 0 Å². The van der Waals surface area contributed by atoms with Crippen LogP contribution in [0.1, 0.15) is 29.8 Å². The van der Waals surface area contributed by atoms with Crippen LogP contribution in [0.3, 0.4) is 0 Å². The minimum Gasteiger partial charge on any atom is -0.496 e. The molecule has 0 aliphatic rings. The predicted octanol–water partition coefficient (Wildman–Crippen LogP) is 2.21. The average Bonchev–Trinajstić information content (AvgIpc) is 2.56. The van der Waals surface area contributed by atoms with Crippen LogP contribution in [0, 0.1) is 0 Å². The van der Waals surface area contributed by atoms with Gasteiger partial charge in [0.25, 0.3) is 0 Å². The molecule has 0 amide bonds. The van der Waals surface area contributed by atoms with Crippen molar-refractivity contribution in [2.45, 2.75) is 19.4 Å². The fourth-order valence-corrected chi connectivity index (χ4v) is 2.47. The first-order chi connectivity index (χ1) is 10.3. The Morgan fingerprint density at radius 2 is 1.81 bits per heavy atom. The molecule has 2 aromatic rings. The summed E-state index contributed by atoms with van der Waals surface area (Å²) in [6.45, 7) is 2.09. The van der Waals surface area contributed by atoms with E-state index in [0.717, 1.165) is 23.2 Å². The van der Waals surface area contributed by atoms with Gasteiger partial charge in [-0.05, 0) is 30.2 Å². The predicted molar refractivity (Wildman–Crippen MR) is 82.3 cm³/mol. The summed E-state index contributed by atoms with van der Waals surface area (Å²) in [4.78, 5) is 4.49. The van der Waals surface area contributed by atoms with Crippen LogP contribution in [0.4, 0.5) is 0 Å². The van der Waals surface area contributed by atoms with Gasteiger partial charge in [-0.1, -0.05) is 19.1 Å². The van der Waals surface area contributed by atoms with Crippen LogP contribution in [-0.4, -0.2) is 19.2 Å². The van der Waals surface area contributed by atoms with E-state index in [9.17, 15) is 0 Å². The molecule has 2 rings (SSSR count). The number of nitrogens with two attached hydrogens (primary N) is 1. The van der Waals surface area contributed by atoms with Crippen molar-refractivity contribution < 1.29 is 9.47 Å². The van der Waals surface area contributed by atoms with E-state index < -0.39 is 0 Å². The molecule has 1 atom stereocenters. The largest absolute Gasteiger partial charge is 0.496 e. The first-order valence-electron chi connectivity index (χ1n) is 6.87. The maximum atomic E-state index is 5.81. The van der Waals surface area contributed by atoms with Crippen molar-refractivity contribution in [1.29, 1.82) is 0 Å². The van der Waals surface area contributed by atoms with Gasteiger partial charge >= 0.3 is 0 Å². The standard InChI is InChI=1S/C16H21N3O2/c1-4-11-7-6-10-18-15(11)16(19-17)14-12(20-2)8-5-9-13(14)21-3/h5-10,16,19H,4,17H2,1-3H3. The van der Waals surface area contributed by atoms with Crippen molar-refractivity contribution in [1.82, 2.24) is 10.4 Å². The second-order valence-electron chi connectivity index (χ2n) is 4.58. The lowest BCUT2D eigenvalue weighted by Gasteiger charge is -2.22. The molecule has 1 unspecified atom stereocenters. The fourth-order valence-electron chi connectivity index (χ4n) is 2.47. The first-order valence-corrected chi connectivity index (χ1v) is 6.87. The topological polar surface area (TPSA) is 69.4 Å². The number of hydrogen-bond acceptors (Lipinski definition) is 5. The highest BCUT2D eigenvalue weighted by atomic mass is 16.5. The molecular formula is C16H21N3O2. The number of hydrogen-bond donors (Lipinski definition) is 2. The van der Waals surface area contributed by atoms with E-state index >= 15 is 0 Å². The van der Waals surface area contributed by atoms with Gasteiger partial charge in [0.2, 0.25) is 0 Å². The number of aryl methyl sites for hydroxylation is 1. The highest BCUT2D eigenvalue weighted by Crippen LogP contribution is 2.37. The zero-order valence-electron chi connectivity index (χ0n) is 12.6. The number of aromatic nitrogens is 1. The van der Waals surface area contributed by atoms with Crippen LogP contribution in [0.2, 0.25) is 0 Å². The van der Waals surface area contributed by atoms with Crippen molar-refractivity contribution in [3.8, 4) is 11.5 Å². The fraction of sp³-hybridized carbons (Fsp3) is 0.312. The summed E-state index contributed by atoms with van der Waals surface area (Å²) in [7, 11) is 3.26. The molecule has 0 aliphatic heterocycles. The average molecular weight is 287 g/mol. The Balaban J connectivity index is 2.61. The van der Waals surface area contributed by atoms with Gasteiger partial charge in [0.1, 0.15) is 11.5 Å². The Kier molecular flexibility index (Phi) is 5.14. The molecule has 0 spiro atoms. The molecular weight excluding hydrogens is 266 g/mol. The van der Waals surface area contributed by atoms with E-state index in [-0.39, 0.29) is 6.04 Å². The summed E-state index contributed by atoms with van der Waals surface area (Å²) >= 11 is 0. The lowest BCUT2D eigenvalue weighted by Crippen LogP contribution is -2.31. The zero-order valence-corrected chi connectivity index (χ0v) is 12.6. The van der Waals surface area contributed by atoms with Crippen LogP contribution in [0.5, 0.6) is 11.5 Å². The molecule has 3 N–H and O–H groups in total. The summed E-state index contributed by atoms with van der Waals surface area (Å²) in [6.07, 6.45) is 2.64. The van der Waals surface area contributed by atoms with Crippen molar-refractivity contribution >= 4 is 0 Å². The maximum Gasteiger partial charge on any atom is 0.127 e. The lowest BCUT2D eigenvalue weighted by molar-refractivity contribution is 0.376. The Morgan fingerprint density at radius 3 is 2.33 bits per heavy atom. The molecule has 5 nitrogen and oxygen atoms in total. The summed E-state index contributed by atoms with van der Waals surface area (Å²) in [6, 6.07) is 9.33. The lowest BCUT2D eigenvalue weighted by atomic mass is 9.97. The van der Waals surface area contributed by atoms with Gasteiger partial charge in [-0.3, -0.25) is 10.8 Å². The van der Waals surface area contributed by atoms with Crippen LogP contribution in [-0.2, 0) is 6.42 Å². The summed E-state index contributed by atoms with van der Waals surface area (Å²) < 4.78 is 10.9. The van der Waals surface area contributed by atoms with E-state index in [0.29, 0.717) is 11.5 Å². The van der Waals surface area contributed by atoms with Crippen LogP contribution in [0.15, 0.2) is 36.5 Å². The van der Waals surface area contributed by atoms with Crippen molar-refractivity contribution in [2.75, 3.05) is 14.2 Å². The second kappa shape index (κ2) is 7.06. The number of rotatable bonds is 6. The minimum atomic E-state index is -0.299. The molecule has 21 heavy (non-hydrogen) atoms. The Hall–Kier alpha value is -2.11. The Bertz CT molecular complexity index is 580.